The van der Waals surface area contributed by atoms with Crippen LogP contribution >= 0.6 is 0 Å². The van der Waals surface area contributed by atoms with E-state index >= 15 is 0 Å². The molecule has 0 aliphatic heterocycles. The van der Waals surface area contributed by atoms with Gasteiger partial charge in [0.15, 0.2) is 5.76 Å². The zero-order valence-corrected chi connectivity index (χ0v) is 16.4. The number of nitrogens with zero attached hydrogens (tertiary/aromatic N) is 4. The van der Waals surface area contributed by atoms with Gasteiger partial charge in [-0.1, -0.05) is 5.16 Å². The number of hydrogen-bond donors (Lipinski definition) is 1. The topological polar surface area (TPSA) is 94.4 Å². The van der Waals surface area contributed by atoms with Crippen molar-refractivity contribution in [3.05, 3.63) is 84.9 Å². The molecule has 0 spiro atoms. The van der Waals surface area contributed by atoms with Gasteiger partial charge in [-0.05, 0) is 48.5 Å². The second-order valence-electron chi connectivity index (χ2n) is 6.75. The fourth-order valence-corrected chi connectivity index (χ4v) is 3.27. The Morgan fingerprint density at radius 3 is 2.74 bits per heavy atom. The highest BCUT2D eigenvalue weighted by atomic mass is 16.5. The number of aromatic nitrogens is 3. The summed E-state index contributed by atoms with van der Waals surface area (Å²) < 4.78 is 19.3. The molecule has 8 nitrogen and oxygen atoms in total. The fourth-order valence-electron chi connectivity index (χ4n) is 3.27. The Bertz CT molecular complexity index is 1410. The standard InChI is InChI=1S/C23H18N4O4/c28-26-20-13-23(21-11-16-3-2-8-27(16)15-25-21)31-22-6-5-17(12-19(20)22)29-9-10-30-18-4-1-7-24-14-18/h1-8,11-15,28H,9-10H2. The highest BCUT2D eigenvalue weighted by molar-refractivity contribution is 5.80. The van der Waals surface area contributed by atoms with Gasteiger partial charge >= 0.3 is 0 Å². The van der Waals surface area contributed by atoms with Gasteiger partial charge in [0.2, 0.25) is 0 Å². The first-order chi connectivity index (χ1) is 15.3. The van der Waals surface area contributed by atoms with Crippen molar-refractivity contribution in [2.75, 3.05) is 13.2 Å². The Kier molecular flexibility index (Phi) is 4.94. The van der Waals surface area contributed by atoms with Crippen LogP contribution in [0.1, 0.15) is 0 Å². The summed E-state index contributed by atoms with van der Waals surface area (Å²) in [6, 6.07) is 16.5. The summed E-state index contributed by atoms with van der Waals surface area (Å²) in [6.07, 6.45) is 6.97. The van der Waals surface area contributed by atoms with Gasteiger partial charge in [0.05, 0.1) is 17.9 Å². The molecule has 4 aromatic heterocycles. The highest BCUT2D eigenvalue weighted by Crippen LogP contribution is 2.24. The molecule has 8 heteroatoms. The average molecular weight is 414 g/mol. The molecule has 0 unspecified atom stereocenters. The monoisotopic (exact) mass is 414 g/mol. The fraction of sp³-hybridized carbons (Fsp3) is 0.0870. The van der Waals surface area contributed by atoms with E-state index < -0.39 is 0 Å². The highest BCUT2D eigenvalue weighted by Gasteiger charge is 2.10. The van der Waals surface area contributed by atoms with Gasteiger partial charge in [0.1, 0.15) is 41.3 Å². The van der Waals surface area contributed by atoms with E-state index in [0.29, 0.717) is 52.5 Å². The third-order valence-electron chi connectivity index (χ3n) is 4.75. The smallest absolute Gasteiger partial charge is 0.155 e. The maximum absolute atomic E-state index is 9.57. The second-order valence-corrected chi connectivity index (χ2v) is 6.75. The molecule has 154 valence electrons. The first-order valence-electron chi connectivity index (χ1n) is 9.65. The van der Waals surface area contributed by atoms with E-state index in [-0.39, 0.29) is 0 Å². The number of pyridine rings is 1. The lowest BCUT2D eigenvalue weighted by molar-refractivity contribution is 0.217. The van der Waals surface area contributed by atoms with Gasteiger partial charge in [-0.15, -0.1) is 0 Å². The van der Waals surface area contributed by atoms with Crippen LogP contribution in [0.5, 0.6) is 11.5 Å². The largest absolute Gasteiger partial charge is 0.490 e. The Morgan fingerprint density at radius 1 is 1.00 bits per heavy atom. The zero-order valence-electron chi connectivity index (χ0n) is 16.4. The Balaban J connectivity index is 1.38. The van der Waals surface area contributed by atoms with Gasteiger partial charge in [-0.25, -0.2) is 4.98 Å². The van der Waals surface area contributed by atoms with Crippen LogP contribution in [0.2, 0.25) is 0 Å². The average Bonchev–Trinajstić information content (AvgIpc) is 3.30. The molecule has 0 aliphatic rings. The predicted molar refractivity (Wildman–Crippen MR) is 113 cm³/mol. The first-order valence-corrected chi connectivity index (χ1v) is 9.65. The van der Waals surface area contributed by atoms with Crippen molar-refractivity contribution in [1.29, 1.82) is 0 Å². The van der Waals surface area contributed by atoms with Crippen molar-refractivity contribution < 1.29 is 19.1 Å². The number of ether oxygens (including phenoxy) is 2. The van der Waals surface area contributed by atoms with Crippen LogP contribution in [0.15, 0.2) is 89.1 Å². The Morgan fingerprint density at radius 2 is 1.90 bits per heavy atom. The minimum absolute atomic E-state index is 0.350. The first kappa shape index (κ1) is 18.7. The molecule has 1 N–H and O–H groups in total. The van der Waals surface area contributed by atoms with Crippen molar-refractivity contribution in [3.8, 4) is 23.0 Å². The van der Waals surface area contributed by atoms with Gasteiger partial charge in [0.25, 0.3) is 0 Å². The summed E-state index contributed by atoms with van der Waals surface area (Å²) >= 11 is 0. The van der Waals surface area contributed by atoms with Crippen molar-refractivity contribution in [2.24, 2.45) is 5.16 Å². The normalized spacial score (nSPS) is 11.8. The number of hydrogen-bond acceptors (Lipinski definition) is 7. The van der Waals surface area contributed by atoms with Crippen LogP contribution in [0.25, 0.3) is 27.9 Å². The molecule has 0 bridgehead atoms. The number of rotatable bonds is 6. The van der Waals surface area contributed by atoms with Gasteiger partial charge in [0, 0.05) is 24.0 Å². The molecular formula is C23H18N4O4. The van der Waals surface area contributed by atoms with Gasteiger partial charge in [-0.3, -0.25) is 4.98 Å². The van der Waals surface area contributed by atoms with E-state index in [1.165, 1.54) is 0 Å². The van der Waals surface area contributed by atoms with Crippen LogP contribution in [0.3, 0.4) is 0 Å². The van der Waals surface area contributed by atoms with Crippen molar-refractivity contribution in [1.82, 2.24) is 14.4 Å². The summed E-state index contributed by atoms with van der Waals surface area (Å²) in [5, 5.41) is 14.0. The molecular weight excluding hydrogens is 396 g/mol. The maximum Gasteiger partial charge on any atom is 0.155 e. The molecule has 5 rings (SSSR count). The summed E-state index contributed by atoms with van der Waals surface area (Å²) in [5.41, 5.74) is 2.19. The van der Waals surface area contributed by atoms with Crippen LogP contribution in [0.4, 0.5) is 0 Å². The molecule has 0 amide bonds. The predicted octanol–water partition coefficient (Wildman–Crippen LogP) is 3.89. The number of fused-ring (bicyclic) bond motifs is 2. The number of benzene rings is 1. The molecule has 0 saturated heterocycles. The van der Waals surface area contributed by atoms with E-state index in [0.717, 1.165) is 5.52 Å². The Labute approximate surface area is 176 Å². The molecule has 0 saturated carbocycles. The summed E-state index contributed by atoms with van der Waals surface area (Å²) in [4.78, 5) is 8.43. The van der Waals surface area contributed by atoms with Crippen LogP contribution in [-0.4, -0.2) is 32.8 Å². The van der Waals surface area contributed by atoms with Crippen LogP contribution in [-0.2, 0) is 0 Å². The lowest BCUT2D eigenvalue weighted by Gasteiger charge is -2.09. The van der Waals surface area contributed by atoms with Gasteiger partial charge in [-0.2, -0.15) is 0 Å². The second kappa shape index (κ2) is 8.19. The summed E-state index contributed by atoms with van der Waals surface area (Å²) in [7, 11) is 0. The summed E-state index contributed by atoms with van der Waals surface area (Å²) in [6.45, 7) is 0.723. The molecule has 0 radical (unpaired) electrons. The third kappa shape index (κ3) is 3.91. The van der Waals surface area contributed by atoms with Gasteiger partial charge < -0.3 is 23.5 Å². The minimum Gasteiger partial charge on any atom is -0.490 e. The molecule has 31 heavy (non-hydrogen) atoms. The SMILES string of the molecule is ON=c1cc(-c2cc3cccn3cn2)oc2ccc(OCCOc3cccnc3)cc12. The summed E-state index contributed by atoms with van der Waals surface area (Å²) in [5.74, 6) is 1.80. The maximum atomic E-state index is 9.57. The van der Waals surface area contributed by atoms with Crippen LogP contribution in [0, 0.1) is 0 Å². The molecule has 4 heterocycles. The van der Waals surface area contributed by atoms with E-state index in [9.17, 15) is 5.21 Å². The molecule has 0 fully saturated rings. The quantitative estimate of drug-likeness (QED) is 0.257. The minimum atomic E-state index is 0.350. The molecule has 5 aromatic rings. The van der Waals surface area contributed by atoms with E-state index in [4.69, 9.17) is 13.9 Å². The van der Waals surface area contributed by atoms with Crippen LogP contribution < -0.4 is 14.8 Å². The van der Waals surface area contributed by atoms with Crippen molar-refractivity contribution >= 4 is 16.5 Å². The van der Waals surface area contributed by atoms with Crippen molar-refractivity contribution in [3.63, 3.8) is 0 Å². The third-order valence-corrected chi connectivity index (χ3v) is 4.75. The lowest BCUT2D eigenvalue weighted by Crippen LogP contribution is -2.09. The van der Waals surface area contributed by atoms with E-state index in [1.54, 1.807) is 43.0 Å². The molecule has 0 aliphatic carbocycles. The van der Waals surface area contributed by atoms with E-state index in [2.05, 4.69) is 15.1 Å². The Hall–Kier alpha value is -4.33. The molecule has 0 atom stereocenters. The zero-order chi connectivity index (χ0) is 21.0. The molecule has 1 aromatic carbocycles. The van der Waals surface area contributed by atoms with E-state index in [1.807, 2.05) is 40.9 Å². The lowest BCUT2D eigenvalue weighted by atomic mass is 10.2. The van der Waals surface area contributed by atoms with Crippen molar-refractivity contribution in [2.45, 2.75) is 0 Å².